The average molecular weight is 527 g/mol. The Kier molecular flexibility index (Phi) is 5.68. The van der Waals surface area contributed by atoms with Gasteiger partial charge in [0.15, 0.2) is 0 Å². The van der Waals surface area contributed by atoms with E-state index in [0.717, 1.165) is 66.8 Å². The maximum absolute atomic E-state index is 12.5. The molecule has 0 aliphatic heterocycles. The van der Waals surface area contributed by atoms with E-state index in [9.17, 15) is 10.1 Å². The van der Waals surface area contributed by atoms with Gasteiger partial charge >= 0.3 is 146 Å². The van der Waals surface area contributed by atoms with Crippen LogP contribution in [0.3, 0.4) is 0 Å². The Balaban J connectivity index is 1.76. The number of carbonyl (C=O) groups excluding carboxylic acids is 1. The molecule has 0 unspecified atom stereocenters. The molecule has 1 heterocycles. The summed E-state index contributed by atoms with van der Waals surface area (Å²) in [5, 5.41) is 15.7. The van der Waals surface area contributed by atoms with Crippen molar-refractivity contribution in [1.29, 1.82) is 5.26 Å². The third kappa shape index (κ3) is 3.84. The summed E-state index contributed by atoms with van der Waals surface area (Å²) in [6, 6.07) is 13.7. The summed E-state index contributed by atoms with van der Waals surface area (Å²) in [7, 11) is 0. The van der Waals surface area contributed by atoms with E-state index in [-0.39, 0.29) is 11.3 Å². The van der Waals surface area contributed by atoms with Gasteiger partial charge in [-0.3, -0.25) is 0 Å². The number of nitrogens with one attached hydrogen (secondary N) is 2. The normalized spacial score (nSPS) is 15.4. The number of rotatable bonds is 5. The summed E-state index contributed by atoms with van der Waals surface area (Å²) >= 11 is 0.985. The van der Waals surface area contributed by atoms with Crippen LogP contribution in [0, 0.1) is 11.3 Å². The number of benzene rings is 1. The van der Waals surface area contributed by atoms with Crippen molar-refractivity contribution in [1.82, 2.24) is 4.98 Å². The van der Waals surface area contributed by atoms with Crippen LogP contribution in [0.2, 0.25) is 0 Å². The Morgan fingerprint density at radius 2 is 1.96 bits per heavy atom. The van der Waals surface area contributed by atoms with Crippen LogP contribution >= 0.6 is 0 Å². The molecule has 3 radical (unpaired) electrons. The van der Waals surface area contributed by atoms with E-state index in [0.29, 0.717) is 11.4 Å². The topological polar surface area (TPSA) is 77.8 Å². The average Bonchev–Trinajstić information content (AvgIpc) is 3.13. The Labute approximate surface area is 163 Å². The van der Waals surface area contributed by atoms with E-state index >= 15 is 0 Å². The number of carbonyl (C=O) groups is 1. The molecule has 25 heavy (non-hydrogen) atoms. The minimum absolute atomic E-state index is 0.186. The number of hydrogen-bond acceptors (Lipinski definition) is 4. The molecule has 0 spiro atoms. The number of nitriles is 1. The molecule has 6 heteroatoms. The first-order valence-corrected chi connectivity index (χ1v) is 11.1. The van der Waals surface area contributed by atoms with Crippen molar-refractivity contribution in [3.05, 3.63) is 53.7 Å². The number of hydrogen-bond donors (Lipinski definition) is 2. The molecule has 0 bridgehead atoms. The van der Waals surface area contributed by atoms with Gasteiger partial charge in [0.05, 0.1) is 0 Å². The minimum atomic E-state index is -0.353. The number of amides is 1. The zero-order chi connectivity index (χ0) is 17.7. The predicted octanol–water partition coefficient (Wildman–Crippen LogP) is 3.21. The van der Waals surface area contributed by atoms with E-state index in [4.69, 9.17) is 0 Å². The van der Waals surface area contributed by atoms with Crippen molar-refractivity contribution in [2.75, 3.05) is 14.7 Å². The summed E-state index contributed by atoms with van der Waals surface area (Å²) in [6.45, 7) is 0. The number of nitrogens with zero attached hydrogens (tertiary/aromatic N) is 2. The molecule has 1 aromatic carbocycles. The van der Waals surface area contributed by atoms with Gasteiger partial charge in [-0.15, -0.1) is 0 Å². The summed E-state index contributed by atoms with van der Waals surface area (Å²) in [5.74, 6) is 0.426. The zero-order valence-corrected chi connectivity index (χ0v) is 17.8. The van der Waals surface area contributed by atoms with Crippen molar-refractivity contribution >= 4 is 43.2 Å². The first-order valence-electron chi connectivity index (χ1n) is 8.35. The fraction of sp³-hybridized carbons (Fsp3) is 0.316. The summed E-state index contributed by atoms with van der Waals surface area (Å²) in [5.41, 5.74) is 1.95. The van der Waals surface area contributed by atoms with Crippen LogP contribution in [0.1, 0.15) is 41.6 Å². The van der Waals surface area contributed by atoms with Crippen molar-refractivity contribution in [2.45, 2.75) is 31.1 Å². The third-order valence-corrected chi connectivity index (χ3v) is 5.36. The van der Waals surface area contributed by atoms with Gasteiger partial charge in [0.25, 0.3) is 0 Å². The third-order valence-electron chi connectivity index (χ3n) is 4.67. The van der Waals surface area contributed by atoms with Crippen LogP contribution in [0.4, 0.5) is 11.5 Å². The second kappa shape index (κ2) is 7.95. The molecule has 2 aromatic rings. The zero-order valence-electron chi connectivity index (χ0n) is 13.9. The summed E-state index contributed by atoms with van der Waals surface area (Å²) in [4.78, 5) is 16.8. The number of anilines is 2. The number of pyridine rings is 1. The Bertz CT molecular complexity index is 792. The second-order valence-corrected chi connectivity index (χ2v) is 7.56. The molecule has 0 saturated heterocycles. The van der Waals surface area contributed by atoms with E-state index in [1.807, 2.05) is 24.3 Å². The van der Waals surface area contributed by atoms with Crippen molar-refractivity contribution in [3.63, 3.8) is 0 Å². The molecule has 5 nitrogen and oxygen atoms in total. The number of aromatic nitrogens is 1. The van der Waals surface area contributed by atoms with Gasteiger partial charge in [0.2, 0.25) is 0 Å². The van der Waals surface area contributed by atoms with Crippen molar-refractivity contribution < 1.29 is 4.79 Å². The Hall–Kier alpha value is -1.95. The minimum Gasteiger partial charge on any atom is -0.0514 e. The molecule has 1 aliphatic carbocycles. The maximum atomic E-state index is 12.5. The van der Waals surface area contributed by atoms with Crippen LogP contribution in [0.15, 0.2) is 42.6 Å². The first kappa shape index (κ1) is 17.9. The molecule has 3 rings (SSSR count). The molecule has 1 aromatic heterocycles. The van der Waals surface area contributed by atoms with E-state index in [1.54, 1.807) is 18.3 Å². The molecular weight excluding hydrogens is 507 g/mol. The fourth-order valence-corrected chi connectivity index (χ4v) is 3.98. The summed E-state index contributed by atoms with van der Waals surface area (Å²) < 4.78 is 0.836. The van der Waals surface area contributed by atoms with Gasteiger partial charge in [0, 0.05) is 0 Å². The van der Waals surface area contributed by atoms with E-state index in [1.165, 1.54) is 0 Å². The fourth-order valence-electron chi connectivity index (χ4n) is 3.33. The SMILES string of the molecule is N#CC1(c2ccc(NC(=O)c3cccnc3N[CH2][Pb])cc2)CCCC1. The van der Waals surface area contributed by atoms with Gasteiger partial charge in [0.1, 0.15) is 0 Å². The molecule has 1 fully saturated rings. The van der Waals surface area contributed by atoms with Crippen LogP contribution in [0.5, 0.6) is 0 Å². The molecule has 1 amide bonds. The molecular formula is C19H19N4OPb. The monoisotopic (exact) mass is 527 g/mol. The van der Waals surface area contributed by atoms with Gasteiger partial charge in [-0.25, -0.2) is 0 Å². The van der Waals surface area contributed by atoms with Gasteiger partial charge in [-0.1, -0.05) is 12.8 Å². The molecule has 0 atom stereocenters. The molecule has 1 aliphatic rings. The second-order valence-electron chi connectivity index (χ2n) is 6.19. The predicted molar refractivity (Wildman–Crippen MR) is 98.6 cm³/mol. The Morgan fingerprint density at radius 1 is 1.24 bits per heavy atom. The van der Waals surface area contributed by atoms with Crippen molar-refractivity contribution in [3.8, 4) is 6.07 Å². The van der Waals surface area contributed by atoms with Crippen LogP contribution in [-0.4, -0.2) is 40.8 Å². The summed E-state index contributed by atoms with van der Waals surface area (Å²) in [6.07, 6.45) is 5.71. The van der Waals surface area contributed by atoms with Gasteiger partial charge in [-0.05, 0) is 0 Å². The van der Waals surface area contributed by atoms with Crippen LogP contribution in [-0.2, 0) is 5.41 Å². The van der Waals surface area contributed by atoms with Crippen molar-refractivity contribution in [2.24, 2.45) is 0 Å². The Morgan fingerprint density at radius 3 is 2.60 bits per heavy atom. The molecule has 1 saturated carbocycles. The van der Waals surface area contributed by atoms with Gasteiger partial charge < -0.3 is 0 Å². The standard InChI is InChI=1S/C19H19N4O.Pb/c1-21-17-16(5-4-12-22-17)18(24)23-15-8-6-14(7-9-15)19(13-20)10-2-3-11-19;/h4-9,12H,1-3,10-11H2,(H,21,22)(H,23,24);. The van der Waals surface area contributed by atoms with Gasteiger partial charge in [-0.2, -0.15) is 5.26 Å². The smallest absolute Gasteiger partial charge is 0.0514 e. The van der Waals surface area contributed by atoms with E-state index in [2.05, 4.69) is 21.7 Å². The van der Waals surface area contributed by atoms with E-state index < -0.39 is 0 Å². The quantitative estimate of drug-likeness (QED) is 0.587. The molecule has 125 valence electrons. The first-order chi connectivity index (χ1) is 12.2. The van der Waals surface area contributed by atoms with Crippen LogP contribution < -0.4 is 10.6 Å². The van der Waals surface area contributed by atoms with Crippen LogP contribution in [0.25, 0.3) is 0 Å². The molecule has 2 N–H and O–H groups in total.